The van der Waals surface area contributed by atoms with Crippen molar-refractivity contribution in [3.05, 3.63) is 78.4 Å². The zero-order valence-corrected chi connectivity index (χ0v) is 21.1. The van der Waals surface area contributed by atoms with Crippen LogP contribution in [0.15, 0.2) is 65.8 Å². The summed E-state index contributed by atoms with van der Waals surface area (Å²) in [5.74, 6) is -5.94. The summed E-state index contributed by atoms with van der Waals surface area (Å²) in [6.45, 7) is 0.133. The molecule has 0 saturated carbocycles. The second-order valence-corrected chi connectivity index (χ2v) is 11.2. The van der Waals surface area contributed by atoms with Gasteiger partial charge in [-0.15, -0.1) is 0 Å². The van der Waals surface area contributed by atoms with Gasteiger partial charge in [0, 0.05) is 43.9 Å². The molecule has 6 nitrogen and oxygen atoms in total. The maximum Gasteiger partial charge on any atom is 0.265 e. The van der Waals surface area contributed by atoms with Crippen LogP contribution in [-0.2, 0) is 10.0 Å². The highest BCUT2D eigenvalue weighted by molar-refractivity contribution is 7.92. The molecule has 5 rings (SSSR count). The number of halogens is 5. The number of aromatic nitrogens is 2. The minimum Gasteiger partial charge on any atom is -0.348 e. The van der Waals surface area contributed by atoms with Crippen LogP contribution in [0.3, 0.4) is 0 Å². The van der Waals surface area contributed by atoms with E-state index in [0.717, 1.165) is 12.1 Å². The molecule has 1 N–H and O–H groups in total. The Balaban J connectivity index is 1.56. The number of pyridine rings is 1. The van der Waals surface area contributed by atoms with Crippen LogP contribution in [0.1, 0.15) is 12.8 Å². The highest BCUT2D eigenvalue weighted by atomic mass is 32.2. The molecule has 38 heavy (non-hydrogen) atoms. The van der Waals surface area contributed by atoms with Crippen molar-refractivity contribution in [1.82, 2.24) is 9.97 Å². The first-order valence-corrected chi connectivity index (χ1v) is 13.6. The number of alkyl halides is 2. The zero-order valence-electron chi connectivity index (χ0n) is 19.5. The molecular weight excluding hydrogens is 547 g/mol. The average molecular weight is 567 g/mol. The molecule has 0 spiro atoms. The minimum atomic E-state index is -4.68. The molecule has 0 radical (unpaired) electrons. The zero-order chi connectivity index (χ0) is 27.1. The first-order valence-electron chi connectivity index (χ1n) is 11.3. The average Bonchev–Trinajstić information content (AvgIpc) is 3.32. The Kier molecular flexibility index (Phi) is 6.82. The summed E-state index contributed by atoms with van der Waals surface area (Å²) < 4.78 is 98.4. The maximum absolute atomic E-state index is 15.8. The molecule has 1 aliphatic heterocycles. The van der Waals surface area contributed by atoms with E-state index in [-0.39, 0.29) is 37.2 Å². The van der Waals surface area contributed by atoms with Gasteiger partial charge in [-0.2, -0.15) is 0 Å². The Morgan fingerprint density at radius 1 is 0.974 bits per heavy atom. The van der Waals surface area contributed by atoms with Gasteiger partial charge in [-0.3, -0.25) is 9.71 Å². The lowest BCUT2D eigenvalue weighted by molar-refractivity contribution is -0.0220. The van der Waals surface area contributed by atoms with Gasteiger partial charge < -0.3 is 4.90 Å². The number of rotatable bonds is 6. The summed E-state index contributed by atoms with van der Waals surface area (Å²) in [6.07, 6.45) is 2.40. The van der Waals surface area contributed by atoms with E-state index in [1.807, 2.05) is 4.72 Å². The van der Waals surface area contributed by atoms with Crippen LogP contribution < -0.4 is 9.62 Å². The van der Waals surface area contributed by atoms with Crippen molar-refractivity contribution in [3.63, 3.8) is 0 Å². The second kappa shape index (κ2) is 9.95. The van der Waals surface area contributed by atoms with Gasteiger partial charge in [0.05, 0.1) is 16.3 Å². The first-order chi connectivity index (χ1) is 18.0. The lowest BCUT2D eigenvalue weighted by Crippen LogP contribution is -2.39. The number of benzene rings is 2. The smallest absolute Gasteiger partial charge is 0.265 e. The molecule has 0 aliphatic carbocycles. The van der Waals surface area contributed by atoms with Crippen molar-refractivity contribution in [3.8, 4) is 21.7 Å². The topological polar surface area (TPSA) is 75.2 Å². The van der Waals surface area contributed by atoms with E-state index in [1.165, 1.54) is 35.9 Å². The lowest BCUT2D eigenvalue weighted by Gasteiger charge is -2.31. The Morgan fingerprint density at radius 2 is 1.68 bits per heavy atom. The van der Waals surface area contributed by atoms with Crippen molar-refractivity contribution >= 4 is 32.2 Å². The molecule has 0 unspecified atom stereocenters. The van der Waals surface area contributed by atoms with Gasteiger partial charge in [0.2, 0.25) is 0 Å². The van der Waals surface area contributed by atoms with Gasteiger partial charge in [0.1, 0.15) is 16.5 Å². The molecule has 0 bridgehead atoms. The fraction of sp³-hybridized carbons (Fsp3) is 0.200. The number of sulfonamides is 1. The van der Waals surface area contributed by atoms with E-state index in [1.54, 1.807) is 17.0 Å². The molecule has 1 saturated heterocycles. The number of piperidine rings is 1. The van der Waals surface area contributed by atoms with Gasteiger partial charge in [0.15, 0.2) is 10.9 Å². The number of anilines is 2. The second-order valence-electron chi connectivity index (χ2n) is 8.60. The maximum atomic E-state index is 15.8. The van der Waals surface area contributed by atoms with Crippen molar-refractivity contribution in [1.29, 1.82) is 0 Å². The van der Waals surface area contributed by atoms with Crippen LogP contribution >= 0.6 is 11.3 Å². The van der Waals surface area contributed by atoms with Crippen molar-refractivity contribution in [2.24, 2.45) is 0 Å². The van der Waals surface area contributed by atoms with E-state index in [9.17, 15) is 26.0 Å². The SMILES string of the molecule is O=S(=O)(Nc1cccc(-c2nc(N3CCC(F)(F)CC3)sc2-c2ccncc2)c1F)c1cc(F)ccc1F. The molecule has 1 fully saturated rings. The third-order valence-electron chi connectivity index (χ3n) is 6.00. The molecule has 1 aliphatic rings. The third-order valence-corrected chi connectivity index (χ3v) is 8.55. The minimum absolute atomic E-state index is 0.0667. The van der Waals surface area contributed by atoms with E-state index >= 15 is 4.39 Å². The van der Waals surface area contributed by atoms with Gasteiger partial charge in [-0.05, 0) is 48.0 Å². The van der Waals surface area contributed by atoms with E-state index < -0.39 is 44.0 Å². The molecular formula is C25H19F5N4O2S2. The van der Waals surface area contributed by atoms with Crippen molar-refractivity contribution < 1.29 is 30.4 Å². The highest BCUT2D eigenvalue weighted by Gasteiger charge is 2.35. The molecule has 0 atom stereocenters. The van der Waals surface area contributed by atoms with Gasteiger partial charge in [-0.1, -0.05) is 17.4 Å². The summed E-state index contributed by atoms with van der Waals surface area (Å²) in [4.78, 5) is 9.80. The Labute approximate surface area is 218 Å². The van der Waals surface area contributed by atoms with Crippen LogP contribution in [-0.4, -0.2) is 37.4 Å². The lowest BCUT2D eigenvalue weighted by atomic mass is 10.1. The summed E-state index contributed by atoms with van der Waals surface area (Å²) in [5, 5.41) is 0.412. The van der Waals surface area contributed by atoms with Crippen LogP contribution in [0.2, 0.25) is 0 Å². The number of thiazole rings is 1. The fourth-order valence-electron chi connectivity index (χ4n) is 4.03. The monoisotopic (exact) mass is 566 g/mol. The highest BCUT2D eigenvalue weighted by Crippen LogP contribution is 2.43. The number of hydrogen-bond acceptors (Lipinski definition) is 6. The number of nitrogens with one attached hydrogen (secondary N) is 1. The third kappa shape index (κ3) is 5.20. The number of nitrogens with zero attached hydrogens (tertiary/aromatic N) is 3. The van der Waals surface area contributed by atoms with Crippen LogP contribution in [0.5, 0.6) is 0 Å². The van der Waals surface area contributed by atoms with Crippen LogP contribution in [0.4, 0.5) is 32.8 Å². The normalized spacial score (nSPS) is 15.4. The van der Waals surface area contributed by atoms with Crippen molar-refractivity contribution in [2.75, 3.05) is 22.7 Å². The van der Waals surface area contributed by atoms with Crippen LogP contribution in [0.25, 0.3) is 21.7 Å². The first kappa shape index (κ1) is 26.0. The van der Waals surface area contributed by atoms with Crippen molar-refractivity contribution in [2.45, 2.75) is 23.7 Å². The predicted octanol–water partition coefficient (Wildman–Crippen LogP) is 6.33. The molecule has 2 aromatic heterocycles. The fourth-order valence-corrected chi connectivity index (χ4v) is 6.31. The Morgan fingerprint density at radius 3 is 2.39 bits per heavy atom. The number of hydrogen-bond donors (Lipinski definition) is 1. The molecule has 3 heterocycles. The van der Waals surface area contributed by atoms with Gasteiger partial charge in [0.25, 0.3) is 15.9 Å². The van der Waals surface area contributed by atoms with E-state index in [2.05, 4.69) is 9.97 Å². The van der Waals surface area contributed by atoms with E-state index in [0.29, 0.717) is 27.7 Å². The standard InChI is InChI=1S/C25H19F5N4O2S2/c26-16-4-5-18(27)20(14-16)38(35,36)33-19-3-1-2-17(21(19)28)22-23(15-6-10-31-11-7-15)37-24(32-22)34-12-8-25(29,30)9-13-34/h1-7,10-11,14,33H,8-9,12-13H2. The molecule has 2 aromatic carbocycles. The summed E-state index contributed by atoms with van der Waals surface area (Å²) in [6, 6.07) is 9.20. The quantitative estimate of drug-likeness (QED) is 0.276. The van der Waals surface area contributed by atoms with Gasteiger partial charge >= 0.3 is 0 Å². The summed E-state index contributed by atoms with van der Waals surface area (Å²) in [7, 11) is -4.68. The summed E-state index contributed by atoms with van der Waals surface area (Å²) in [5.41, 5.74) is 0.248. The molecule has 4 aromatic rings. The summed E-state index contributed by atoms with van der Waals surface area (Å²) >= 11 is 1.19. The van der Waals surface area contributed by atoms with Gasteiger partial charge in [-0.25, -0.2) is 35.4 Å². The predicted molar refractivity (Wildman–Crippen MR) is 134 cm³/mol. The Bertz CT molecular complexity index is 1590. The molecule has 0 amide bonds. The van der Waals surface area contributed by atoms with E-state index in [4.69, 9.17) is 0 Å². The van der Waals surface area contributed by atoms with Crippen LogP contribution in [0, 0.1) is 17.5 Å². The molecule has 13 heteroatoms. The largest absolute Gasteiger partial charge is 0.348 e. The Hall–Kier alpha value is -3.58. The molecule has 198 valence electrons.